The fraction of sp³-hybridized carbons (Fsp3) is 0. The van der Waals surface area contributed by atoms with Crippen molar-refractivity contribution in [2.75, 3.05) is 4.90 Å². The lowest BCUT2D eigenvalue weighted by atomic mass is 10.2. The van der Waals surface area contributed by atoms with Gasteiger partial charge in [0, 0.05) is 18.2 Å². The minimum atomic E-state index is -0.481. The summed E-state index contributed by atoms with van der Waals surface area (Å²) in [5, 5.41) is 20.2. The van der Waals surface area contributed by atoms with Gasteiger partial charge in [0.25, 0.3) is 11.6 Å². The maximum atomic E-state index is 12.6. The number of phenols is 1. The molecule has 0 spiro atoms. The van der Waals surface area contributed by atoms with Gasteiger partial charge in [0.1, 0.15) is 5.75 Å². The molecule has 24 heavy (non-hydrogen) atoms. The summed E-state index contributed by atoms with van der Waals surface area (Å²) in [6.07, 6.45) is 1.63. The summed E-state index contributed by atoms with van der Waals surface area (Å²) in [6, 6.07) is 12.2. The third-order valence-electron chi connectivity index (χ3n) is 3.28. The standard InChI is InChI=1S/C16H10N2O4S2/c19-13-3-1-2-12(9-13)17-15(20)14(24-16(17)23)8-10-4-6-11(7-5-10)18(21)22/h1-9,19H/b14-8-. The van der Waals surface area contributed by atoms with Crippen LogP contribution in [0.3, 0.4) is 0 Å². The molecule has 1 amide bonds. The van der Waals surface area contributed by atoms with Gasteiger partial charge in [-0.25, -0.2) is 0 Å². The van der Waals surface area contributed by atoms with Crippen LogP contribution < -0.4 is 4.90 Å². The number of thiocarbonyl (C=S) groups is 1. The van der Waals surface area contributed by atoms with Crippen LogP contribution in [0, 0.1) is 10.1 Å². The summed E-state index contributed by atoms with van der Waals surface area (Å²) >= 11 is 6.39. The number of nitrogens with zero attached hydrogens (tertiary/aromatic N) is 2. The Morgan fingerprint density at radius 2 is 1.92 bits per heavy atom. The Labute approximate surface area is 146 Å². The lowest BCUT2D eigenvalue weighted by Crippen LogP contribution is -2.27. The molecule has 1 N–H and O–H groups in total. The van der Waals surface area contributed by atoms with Crippen molar-refractivity contribution in [1.29, 1.82) is 0 Å². The van der Waals surface area contributed by atoms with E-state index in [1.807, 2.05) is 0 Å². The maximum absolute atomic E-state index is 12.6. The van der Waals surface area contributed by atoms with Gasteiger partial charge in [-0.3, -0.25) is 19.8 Å². The first-order valence-corrected chi connectivity index (χ1v) is 7.99. The predicted molar refractivity (Wildman–Crippen MR) is 96.9 cm³/mol. The van der Waals surface area contributed by atoms with Crippen LogP contribution in [0.2, 0.25) is 0 Å². The van der Waals surface area contributed by atoms with E-state index < -0.39 is 4.92 Å². The third kappa shape index (κ3) is 3.15. The number of benzene rings is 2. The molecule has 0 aromatic heterocycles. The fourth-order valence-corrected chi connectivity index (χ4v) is 3.47. The van der Waals surface area contributed by atoms with Gasteiger partial charge in [-0.2, -0.15) is 0 Å². The van der Waals surface area contributed by atoms with Crippen LogP contribution in [0.4, 0.5) is 11.4 Å². The van der Waals surface area contributed by atoms with Crippen molar-refractivity contribution in [3.05, 3.63) is 69.1 Å². The van der Waals surface area contributed by atoms with E-state index >= 15 is 0 Å². The zero-order valence-corrected chi connectivity index (χ0v) is 13.7. The highest BCUT2D eigenvalue weighted by atomic mass is 32.2. The van der Waals surface area contributed by atoms with Gasteiger partial charge in [0.15, 0.2) is 4.32 Å². The topological polar surface area (TPSA) is 83.7 Å². The summed E-state index contributed by atoms with van der Waals surface area (Å²) in [6.45, 7) is 0. The Balaban J connectivity index is 1.89. The number of carbonyl (C=O) groups is 1. The number of phenolic OH excluding ortho intramolecular Hbond substituents is 1. The van der Waals surface area contributed by atoms with Crippen molar-refractivity contribution in [2.45, 2.75) is 0 Å². The Hall–Kier alpha value is -2.71. The zero-order chi connectivity index (χ0) is 17.3. The summed E-state index contributed by atoms with van der Waals surface area (Å²) < 4.78 is 0.360. The minimum Gasteiger partial charge on any atom is -0.508 e. The Kier molecular flexibility index (Phi) is 4.32. The summed E-state index contributed by atoms with van der Waals surface area (Å²) in [4.78, 5) is 24.5. The van der Waals surface area contributed by atoms with Crippen molar-refractivity contribution >= 4 is 51.7 Å². The first-order valence-electron chi connectivity index (χ1n) is 6.77. The van der Waals surface area contributed by atoms with Crippen molar-refractivity contribution in [3.8, 4) is 5.75 Å². The lowest BCUT2D eigenvalue weighted by Gasteiger charge is -2.14. The molecular weight excluding hydrogens is 348 g/mol. The second kappa shape index (κ2) is 6.42. The van der Waals surface area contributed by atoms with Crippen LogP contribution in [0.5, 0.6) is 5.75 Å². The van der Waals surface area contributed by atoms with Crippen molar-refractivity contribution in [2.24, 2.45) is 0 Å². The number of hydrogen-bond acceptors (Lipinski definition) is 6. The Morgan fingerprint density at radius 3 is 2.54 bits per heavy atom. The van der Waals surface area contributed by atoms with E-state index in [1.54, 1.807) is 30.3 Å². The molecule has 0 aliphatic carbocycles. The van der Waals surface area contributed by atoms with E-state index in [0.29, 0.717) is 20.5 Å². The van der Waals surface area contributed by atoms with Crippen molar-refractivity contribution < 1.29 is 14.8 Å². The van der Waals surface area contributed by atoms with Crippen molar-refractivity contribution in [3.63, 3.8) is 0 Å². The van der Waals surface area contributed by atoms with Gasteiger partial charge in [-0.05, 0) is 35.9 Å². The summed E-state index contributed by atoms with van der Waals surface area (Å²) in [5.41, 5.74) is 1.14. The number of nitro groups is 1. The highest BCUT2D eigenvalue weighted by Gasteiger charge is 2.33. The molecule has 0 unspecified atom stereocenters. The summed E-state index contributed by atoms with van der Waals surface area (Å²) in [5.74, 6) is -0.255. The molecule has 1 aliphatic rings. The molecule has 1 saturated heterocycles. The molecule has 0 saturated carbocycles. The number of carbonyl (C=O) groups excluding carboxylic acids is 1. The van der Waals surface area contributed by atoms with E-state index in [0.717, 1.165) is 11.8 Å². The van der Waals surface area contributed by atoms with E-state index in [9.17, 15) is 20.0 Å². The van der Waals surface area contributed by atoms with Crippen LogP contribution in [0.15, 0.2) is 53.4 Å². The Bertz CT molecular complexity index is 878. The molecular formula is C16H10N2O4S2. The average Bonchev–Trinajstić information content (AvgIpc) is 2.82. The number of thioether (sulfide) groups is 1. The number of amides is 1. The monoisotopic (exact) mass is 358 g/mol. The van der Waals surface area contributed by atoms with Gasteiger partial charge < -0.3 is 5.11 Å². The third-order valence-corrected chi connectivity index (χ3v) is 4.59. The fourth-order valence-electron chi connectivity index (χ4n) is 2.17. The van der Waals surface area contributed by atoms with Gasteiger partial charge in [0.05, 0.1) is 15.5 Å². The van der Waals surface area contributed by atoms with E-state index in [-0.39, 0.29) is 17.3 Å². The second-order valence-electron chi connectivity index (χ2n) is 4.89. The largest absolute Gasteiger partial charge is 0.508 e. The van der Waals surface area contributed by atoms with Crippen molar-refractivity contribution in [1.82, 2.24) is 0 Å². The van der Waals surface area contributed by atoms with E-state index in [4.69, 9.17) is 12.2 Å². The summed E-state index contributed by atoms with van der Waals surface area (Å²) in [7, 11) is 0. The molecule has 120 valence electrons. The Morgan fingerprint density at radius 1 is 1.21 bits per heavy atom. The highest BCUT2D eigenvalue weighted by molar-refractivity contribution is 8.27. The van der Waals surface area contributed by atoms with Gasteiger partial charge in [-0.15, -0.1) is 0 Å². The molecule has 8 heteroatoms. The molecule has 1 aliphatic heterocycles. The minimum absolute atomic E-state index is 0.0144. The number of anilines is 1. The molecule has 0 atom stereocenters. The molecule has 1 heterocycles. The predicted octanol–water partition coefficient (Wildman–Crippen LogP) is 3.71. The molecule has 1 fully saturated rings. The highest BCUT2D eigenvalue weighted by Crippen LogP contribution is 2.36. The van der Waals surface area contributed by atoms with Gasteiger partial charge in [-0.1, -0.05) is 30.0 Å². The zero-order valence-electron chi connectivity index (χ0n) is 12.1. The molecule has 2 aromatic carbocycles. The first-order chi connectivity index (χ1) is 11.5. The normalized spacial score (nSPS) is 16.0. The number of aromatic hydroxyl groups is 1. The van der Waals surface area contributed by atoms with Crippen LogP contribution >= 0.6 is 24.0 Å². The quantitative estimate of drug-likeness (QED) is 0.390. The molecule has 0 radical (unpaired) electrons. The molecule has 3 rings (SSSR count). The van der Waals surface area contributed by atoms with Crippen LogP contribution in [-0.2, 0) is 4.79 Å². The van der Waals surface area contributed by atoms with Gasteiger partial charge in [0.2, 0.25) is 0 Å². The molecule has 2 aromatic rings. The first kappa shape index (κ1) is 16.2. The average molecular weight is 358 g/mol. The van der Waals surface area contributed by atoms with Gasteiger partial charge >= 0.3 is 0 Å². The van der Waals surface area contributed by atoms with Crippen LogP contribution in [0.25, 0.3) is 6.08 Å². The number of non-ortho nitro benzene ring substituents is 1. The van der Waals surface area contributed by atoms with Crippen LogP contribution in [-0.4, -0.2) is 20.3 Å². The number of hydrogen-bond donors (Lipinski definition) is 1. The van der Waals surface area contributed by atoms with Crippen LogP contribution in [0.1, 0.15) is 5.56 Å². The molecule has 0 bridgehead atoms. The van der Waals surface area contributed by atoms with E-state index in [2.05, 4.69) is 0 Å². The SMILES string of the molecule is O=C1/C(=C/c2ccc([N+](=O)[O-])cc2)SC(=S)N1c1cccc(O)c1. The lowest BCUT2D eigenvalue weighted by molar-refractivity contribution is -0.384. The maximum Gasteiger partial charge on any atom is 0.270 e. The number of nitro benzene ring substituents is 1. The second-order valence-corrected chi connectivity index (χ2v) is 6.56. The number of rotatable bonds is 3. The van der Waals surface area contributed by atoms with E-state index in [1.165, 1.54) is 29.2 Å². The molecule has 6 nitrogen and oxygen atoms in total. The smallest absolute Gasteiger partial charge is 0.270 e.